The first-order valence-corrected chi connectivity index (χ1v) is 7.20. The van der Waals surface area contributed by atoms with Crippen molar-refractivity contribution in [2.24, 2.45) is 5.73 Å². The van der Waals surface area contributed by atoms with Crippen molar-refractivity contribution >= 4 is 20.9 Å². The number of hydrogen-bond donors (Lipinski definition) is 5. The number of carboxylic acid groups (broad SMARTS) is 1. The molecule has 0 spiro atoms. The van der Waals surface area contributed by atoms with Crippen LogP contribution < -0.4 is 5.73 Å². The number of carbonyl (C=O) groups is 1. The van der Waals surface area contributed by atoms with Crippen molar-refractivity contribution in [3.05, 3.63) is 0 Å². The lowest BCUT2D eigenvalue weighted by atomic mass is 10.4. The van der Waals surface area contributed by atoms with E-state index < -0.39 is 39.0 Å². The maximum Gasteiger partial charge on any atom is 0.335 e. The Morgan fingerprint density at radius 1 is 1.29 bits per heavy atom. The number of carboxylic acids is 1. The van der Waals surface area contributed by atoms with Gasteiger partial charge >= 0.3 is 13.6 Å². The molecule has 6 N–H and O–H groups in total. The van der Waals surface area contributed by atoms with Crippen LogP contribution in [0.5, 0.6) is 0 Å². The molecule has 0 fully saturated rings. The van der Waals surface area contributed by atoms with Crippen LogP contribution in [0.15, 0.2) is 0 Å². The van der Waals surface area contributed by atoms with Crippen molar-refractivity contribution in [3.8, 4) is 0 Å². The Balaban J connectivity index is 4.43. The third-order valence-corrected chi connectivity index (χ3v) is 5.41. The predicted molar refractivity (Wildman–Crippen MR) is 47.2 cm³/mol. The fraction of sp³-hybridized carbons (Fsp3) is 0.750. The third kappa shape index (κ3) is 6.26. The number of rotatable bonds is 5. The van der Waals surface area contributed by atoms with Gasteiger partial charge < -0.3 is 25.5 Å². The van der Waals surface area contributed by atoms with Crippen molar-refractivity contribution in [1.82, 2.24) is 0 Å². The van der Waals surface area contributed by atoms with E-state index in [1.54, 1.807) is 0 Å². The first-order valence-electron chi connectivity index (χ1n) is 3.37. The summed E-state index contributed by atoms with van der Waals surface area (Å²) in [4.78, 5) is 36.0. The van der Waals surface area contributed by atoms with Gasteiger partial charge in [0, 0.05) is 0 Å². The summed E-state index contributed by atoms with van der Waals surface area (Å²) in [5, 5.41) is 8.29. The third-order valence-electron chi connectivity index (χ3n) is 1.20. The average molecular weight is 247 g/mol. The molecule has 0 aromatic carbocycles. The standard InChI is InChI=1S/C4H11NO7P2/c5-3(4(6)7)1-13(8,9)2-14(10,11)12/h3H,1-2,5H2,(H,6,7)(H,8,9)(H2,10,11,12). The molecule has 0 aliphatic heterocycles. The van der Waals surface area contributed by atoms with Crippen molar-refractivity contribution in [2.45, 2.75) is 6.04 Å². The average Bonchev–Trinajstić information content (AvgIpc) is 1.78. The molecule has 84 valence electrons. The van der Waals surface area contributed by atoms with Crippen LogP contribution in [0.25, 0.3) is 0 Å². The smallest absolute Gasteiger partial charge is 0.335 e. The summed E-state index contributed by atoms with van der Waals surface area (Å²) in [5.74, 6) is -2.74. The van der Waals surface area contributed by atoms with Crippen LogP contribution in [-0.2, 0) is 13.9 Å². The van der Waals surface area contributed by atoms with Gasteiger partial charge in [-0.1, -0.05) is 0 Å². The summed E-state index contributed by atoms with van der Waals surface area (Å²) in [6, 6.07) is -1.60. The van der Waals surface area contributed by atoms with Gasteiger partial charge in [-0.2, -0.15) is 0 Å². The SMILES string of the molecule is NC(CP(=O)(O)CP(=O)(O)O)C(=O)O. The van der Waals surface area contributed by atoms with E-state index in [0.29, 0.717) is 0 Å². The van der Waals surface area contributed by atoms with Crippen LogP contribution in [0.1, 0.15) is 0 Å². The minimum atomic E-state index is -4.64. The van der Waals surface area contributed by atoms with E-state index >= 15 is 0 Å². The number of hydrogen-bond acceptors (Lipinski definition) is 4. The molecule has 0 radical (unpaired) electrons. The van der Waals surface area contributed by atoms with Crippen molar-refractivity contribution in [1.29, 1.82) is 0 Å². The zero-order valence-electron chi connectivity index (χ0n) is 6.98. The quantitative estimate of drug-likeness (QED) is 0.379. The van der Waals surface area contributed by atoms with Gasteiger partial charge in [-0.25, -0.2) is 0 Å². The van der Waals surface area contributed by atoms with Gasteiger partial charge in [-0.05, 0) is 0 Å². The summed E-state index contributed by atoms with van der Waals surface area (Å²) < 4.78 is 21.4. The first kappa shape index (κ1) is 13.8. The summed E-state index contributed by atoms with van der Waals surface area (Å²) in [7, 11) is -8.83. The van der Waals surface area contributed by atoms with Gasteiger partial charge in [0.25, 0.3) is 0 Å². The molecule has 0 saturated carbocycles. The lowest BCUT2D eigenvalue weighted by molar-refractivity contribution is -0.138. The Labute approximate surface area is 79.4 Å². The number of aliphatic carboxylic acids is 1. The van der Waals surface area contributed by atoms with Gasteiger partial charge in [0.15, 0.2) is 0 Å². The molecule has 0 heterocycles. The summed E-state index contributed by atoms with van der Waals surface area (Å²) >= 11 is 0. The molecule has 0 rings (SSSR count). The Morgan fingerprint density at radius 3 is 2.00 bits per heavy atom. The minimum Gasteiger partial charge on any atom is -0.480 e. The Morgan fingerprint density at radius 2 is 1.71 bits per heavy atom. The van der Waals surface area contributed by atoms with Crippen LogP contribution in [0.2, 0.25) is 0 Å². The summed E-state index contributed by atoms with van der Waals surface area (Å²) in [6.07, 6.45) is -0.854. The van der Waals surface area contributed by atoms with E-state index in [1.807, 2.05) is 0 Å². The second-order valence-corrected chi connectivity index (χ2v) is 7.30. The maximum absolute atomic E-state index is 11.1. The van der Waals surface area contributed by atoms with Gasteiger partial charge in [0.05, 0.1) is 6.16 Å². The van der Waals surface area contributed by atoms with Crippen molar-refractivity contribution in [2.75, 3.05) is 12.1 Å². The van der Waals surface area contributed by atoms with Gasteiger partial charge in [-0.15, -0.1) is 0 Å². The van der Waals surface area contributed by atoms with Crippen molar-refractivity contribution < 1.29 is 33.7 Å². The predicted octanol–water partition coefficient (Wildman–Crippen LogP) is -1.20. The molecule has 0 aliphatic carbocycles. The van der Waals surface area contributed by atoms with E-state index in [0.717, 1.165) is 0 Å². The highest BCUT2D eigenvalue weighted by Crippen LogP contribution is 2.54. The van der Waals surface area contributed by atoms with Gasteiger partial charge in [0.1, 0.15) is 11.9 Å². The van der Waals surface area contributed by atoms with E-state index in [9.17, 15) is 13.9 Å². The van der Waals surface area contributed by atoms with E-state index in [4.69, 9.17) is 25.5 Å². The van der Waals surface area contributed by atoms with Gasteiger partial charge in [0.2, 0.25) is 7.37 Å². The Kier molecular flexibility index (Phi) is 4.45. The fourth-order valence-corrected chi connectivity index (χ4v) is 4.27. The largest absolute Gasteiger partial charge is 0.480 e. The van der Waals surface area contributed by atoms with Crippen LogP contribution in [0.3, 0.4) is 0 Å². The maximum atomic E-state index is 11.1. The second-order valence-electron chi connectivity index (χ2n) is 2.78. The normalized spacial score (nSPS) is 18.6. The molecule has 0 bridgehead atoms. The molecular weight excluding hydrogens is 236 g/mol. The summed E-state index contributed by atoms with van der Waals surface area (Å²) in [6.45, 7) is 0. The topological polar surface area (TPSA) is 158 Å². The van der Waals surface area contributed by atoms with Gasteiger partial charge in [-0.3, -0.25) is 13.9 Å². The van der Waals surface area contributed by atoms with Crippen LogP contribution >= 0.6 is 15.0 Å². The Hall–Kier alpha value is -0.230. The van der Waals surface area contributed by atoms with E-state index in [1.165, 1.54) is 0 Å². The Bertz CT molecular complexity index is 309. The molecule has 0 amide bonds. The van der Waals surface area contributed by atoms with Crippen LogP contribution in [-0.4, -0.2) is 43.9 Å². The first-order chi connectivity index (χ1) is 6.03. The molecule has 8 nitrogen and oxygen atoms in total. The zero-order valence-corrected chi connectivity index (χ0v) is 8.77. The molecule has 0 aliphatic rings. The van der Waals surface area contributed by atoms with Crippen molar-refractivity contribution in [3.63, 3.8) is 0 Å². The molecular formula is C4H11NO7P2. The number of nitrogens with two attached hydrogens (primary N) is 1. The van der Waals surface area contributed by atoms with E-state index in [2.05, 4.69) is 0 Å². The molecule has 0 aromatic rings. The molecule has 0 aromatic heterocycles. The highest BCUT2D eigenvalue weighted by atomic mass is 31.2. The lowest BCUT2D eigenvalue weighted by Crippen LogP contribution is -2.33. The highest BCUT2D eigenvalue weighted by Gasteiger charge is 2.33. The lowest BCUT2D eigenvalue weighted by Gasteiger charge is -2.14. The zero-order chi connectivity index (χ0) is 11.6. The molecule has 14 heavy (non-hydrogen) atoms. The monoisotopic (exact) mass is 247 g/mol. The fourth-order valence-electron chi connectivity index (χ4n) is 0.731. The molecule has 2 unspecified atom stereocenters. The molecule has 10 heteroatoms. The summed E-state index contributed by atoms with van der Waals surface area (Å²) in [5.41, 5.74) is 4.94. The second kappa shape index (κ2) is 4.53. The molecule has 0 saturated heterocycles. The highest BCUT2D eigenvalue weighted by molar-refractivity contribution is 7.72. The van der Waals surface area contributed by atoms with Crippen LogP contribution in [0.4, 0.5) is 0 Å². The minimum absolute atomic E-state index is 0.854. The van der Waals surface area contributed by atoms with Crippen LogP contribution in [0, 0.1) is 0 Å². The van der Waals surface area contributed by atoms with E-state index in [-0.39, 0.29) is 0 Å². The molecule has 2 atom stereocenters.